The van der Waals surface area contributed by atoms with Crippen molar-refractivity contribution in [2.45, 2.75) is 37.9 Å². The number of ether oxygens (including phenoxy) is 1. The Morgan fingerprint density at radius 3 is 2.63 bits per heavy atom. The Labute approximate surface area is 169 Å². The molecule has 1 unspecified atom stereocenters. The highest BCUT2D eigenvalue weighted by atomic mass is 19.4. The molecule has 158 valence electrons. The minimum absolute atomic E-state index is 0.218. The molecule has 30 heavy (non-hydrogen) atoms. The zero-order valence-corrected chi connectivity index (χ0v) is 16.5. The number of halogens is 3. The highest BCUT2D eigenvalue weighted by Crippen LogP contribution is 2.40. The topological polar surface area (TPSA) is 85.7 Å². The van der Waals surface area contributed by atoms with Gasteiger partial charge in [-0.15, -0.1) is 5.10 Å². The molecular formula is C20H20F3N5O2. The van der Waals surface area contributed by atoms with Crippen LogP contribution in [-0.4, -0.2) is 38.7 Å². The third-order valence-electron chi connectivity index (χ3n) is 5.41. The lowest BCUT2D eigenvalue weighted by Gasteiger charge is -2.38. The number of fused-ring (bicyclic) bond motifs is 1. The van der Waals surface area contributed by atoms with Gasteiger partial charge in [0.1, 0.15) is 22.8 Å². The van der Waals surface area contributed by atoms with E-state index in [0.717, 1.165) is 24.2 Å². The predicted molar refractivity (Wildman–Crippen MR) is 102 cm³/mol. The molecule has 0 saturated carbocycles. The zero-order chi connectivity index (χ0) is 21.5. The van der Waals surface area contributed by atoms with E-state index in [9.17, 15) is 18.0 Å². The van der Waals surface area contributed by atoms with Gasteiger partial charge < -0.3 is 9.72 Å². The van der Waals surface area contributed by atoms with E-state index < -0.39 is 17.3 Å². The van der Waals surface area contributed by atoms with E-state index in [4.69, 9.17) is 4.74 Å². The average Bonchev–Trinajstić information content (AvgIpc) is 3.12. The summed E-state index contributed by atoms with van der Waals surface area (Å²) >= 11 is 0. The second kappa shape index (κ2) is 7.35. The van der Waals surface area contributed by atoms with Gasteiger partial charge in [-0.3, -0.25) is 4.79 Å². The Morgan fingerprint density at radius 1 is 1.27 bits per heavy atom. The molecular weight excluding hydrogens is 399 g/mol. The van der Waals surface area contributed by atoms with E-state index >= 15 is 0 Å². The van der Waals surface area contributed by atoms with Gasteiger partial charge in [-0.25, -0.2) is 9.67 Å². The summed E-state index contributed by atoms with van der Waals surface area (Å²) in [5, 5.41) is 8.60. The third kappa shape index (κ3) is 3.41. The highest BCUT2D eigenvalue weighted by Gasteiger charge is 2.42. The largest absolute Gasteiger partial charge is 0.416 e. The van der Waals surface area contributed by atoms with Crippen molar-refractivity contribution in [1.29, 1.82) is 0 Å². The van der Waals surface area contributed by atoms with Crippen LogP contribution >= 0.6 is 0 Å². The average molecular weight is 419 g/mol. The maximum atomic E-state index is 13.0. The van der Waals surface area contributed by atoms with Crippen molar-refractivity contribution in [3.63, 3.8) is 0 Å². The molecule has 0 spiro atoms. The van der Waals surface area contributed by atoms with E-state index in [0.29, 0.717) is 35.6 Å². The number of hydrogen-bond donors (Lipinski definition) is 1. The summed E-state index contributed by atoms with van der Waals surface area (Å²) in [6.07, 6.45) is -2.37. The fraction of sp³-hybridized carbons (Fsp3) is 0.400. The van der Waals surface area contributed by atoms with Crippen LogP contribution < -0.4 is 5.56 Å². The molecule has 3 aromatic rings. The first-order valence-corrected chi connectivity index (χ1v) is 9.45. The summed E-state index contributed by atoms with van der Waals surface area (Å²) in [5.74, 6) is 0.459. The van der Waals surface area contributed by atoms with E-state index in [1.54, 1.807) is 18.7 Å². The second-order valence-electron chi connectivity index (χ2n) is 7.41. The van der Waals surface area contributed by atoms with Crippen LogP contribution in [0.5, 0.6) is 0 Å². The quantitative estimate of drug-likeness (QED) is 0.703. The number of methoxy groups -OCH3 is 1. The predicted octanol–water partition coefficient (Wildman–Crippen LogP) is 3.08. The van der Waals surface area contributed by atoms with Crippen molar-refractivity contribution in [3.05, 3.63) is 63.3 Å². The van der Waals surface area contributed by atoms with Crippen molar-refractivity contribution >= 4 is 0 Å². The molecule has 10 heteroatoms. The number of nitrogens with zero attached hydrogens (tertiary/aromatic N) is 4. The number of hydrogen-bond acceptors (Lipinski definition) is 5. The molecule has 0 saturated heterocycles. The number of nitrogens with one attached hydrogen (secondary N) is 1. The fourth-order valence-corrected chi connectivity index (χ4v) is 4.12. The van der Waals surface area contributed by atoms with Crippen LogP contribution in [0.15, 0.2) is 35.1 Å². The summed E-state index contributed by atoms with van der Waals surface area (Å²) in [5.41, 5.74) is 0.543. The van der Waals surface area contributed by atoms with Crippen LogP contribution in [0.4, 0.5) is 13.2 Å². The van der Waals surface area contributed by atoms with Gasteiger partial charge in [0.05, 0.1) is 17.9 Å². The Hall–Kier alpha value is -3.01. The maximum absolute atomic E-state index is 13.0. The first-order chi connectivity index (χ1) is 14.2. The summed E-state index contributed by atoms with van der Waals surface area (Å²) in [6.45, 7) is 1.90. The molecule has 0 radical (unpaired) electrons. The number of H-pyrrole nitrogens is 1. The van der Waals surface area contributed by atoms with Gasteiger partial charge in [0, 0.05) is 13.2 Å². The van der Waals surface area contributed by atoms with Gasteiger partial charge in [0.25, 0.3) is 5.56 Å². The van der Waals surface area contributed by atoms with Crippen molar-refractivity contribution in [3.8, 4) is 11.4 Å². The standard InChI is InChI=1S/C20H20F3N5O2/c1-12-24-15(10-17(29)25-12)18-16-4-3-9-19(11-30-2,28(16)27-26-18)13-5-7-14(8-6-13)20(21,22)23/h5-8,10H,3-4,9,11H2,1-2H3,(H,24,25,29). The van der Waals surface area contributed by atoms with Crippen LogP contribution in [0.2, 0.25) is 0 Å². The van der Waals surface area contributed by atoms with Gasteiger partial charge >= 0.3 is 6.18 Å². The molecule has 0 amide bonds. The smallest absolute Gasteiger partial charge is 0.382 e. The number of aromatic amines is 1. The van der Waals surface area contributed by atoms with Gasteiger partial charge in [0.2, 0.25) is 0 Å². The normalized spacial score (nSPS) is 19.0. The lowest BCUT2D eigenvalue weighted by Crippen LogP contribution is -2.44. The third-order valence-corrected chi connectivity index (χ3v) is 5.41. The Morgan fingerprint density at radius 2 is 2.00 bits per heavy atom. The minimum atomic E-state index is -4.41. The first kappa shape index (κ1) is 20.3. The Bertz CT molecular complexity index is 1120. The van der Waals surface area contributed by atoms with Gasteiger partial charge in [0.15, 0.2) is 0 Å². The minimum Gasteiger partial charge on any atom is -0.382 e. The van der Waals surface area contributed by atoms with Gasteiger partial charge in [-0.2, -0.15) is 13.2 Å². The molecule has 4 rings (SSSR count). The number of alkyl halides is 3. The Balaban J connectivity index is 1.84. The Kier molecular flexibility index (Phi) is 4.97. The molecule has 0 fully saturated rings. The number of rotatable bonds is 4. The fourth-order valence-electron chi connectivity index (χ4n) is 4.12. The first-order valence-electron chi connectivity index (χ1n) is 9.45. The molecule has 7 nitrogen and oxygen atoms in total. The SMILES string of the molecule is COCC1(c2ccc(C(F)(F)F)cc2)CCCc2c(-c3cc(=O)[nH]c(C)n3)nnn21. The van der Waals surface area contributed by atoms with Gasteiger partial charge in [-0.1, -0.05) is 17.3 Å². The zero-order valence-electron chi connectivity index (χ0n) is 16.5. The number of benzene rings is 1. The van der Waals surface area contributed by atoms with Crippen LogP contribution in [0.25, 0.3) is 11.4 Å². The van der Waals surface area contributed by atoms with Crippen molar-refractivity contribution in [1.82, 2.24) is 25.0 Å². The molecule has 0 bridgehead atoms. The molecule has 1 N–H and O–H groups in total. The van der Waals surface area contributed by atoms with E-state index in [-0.39, 0.29) is 12.2 Å². The van der Waals surface area contributed by atoms with Crippen LogP contribution in [0.3, 0.4) is 0 Å². The van der Waals surface area contributed by atoms with Crippen LogP contribution in [-0.2, 0) is 22.9 Å². The van der Waals surface area contributed by atoms with Crippen LogP contribution in [0, 0.1) is 6.92 Å². The summed E-state index contributed by atoms with van der Waals surface area (Å²) in [7, 11) is 1.54. The second-order valence-corrected chi connectivity index (χ2v) is 7.41. The van der Waals surface area contributed by atoms with Crippen molar-refractivity contribution in [2.24, 2.45) is 0 Å². The molecule has 1 aliphatic rings. The van der Waals surface area contributed by atoms with E-state index in [1.165, 1.54) is 18.2 Å². The monoisotopic (exact) mass is 419 g/mol. The van der Waals surface area contributed by atoms with Gasteiger partial charge in [-0.05, 0) is 43.9 Å². The number of aryl methyl sites for hydroxylation is 1. The van der Waals surface area contributed by atoms with E-state index in [2.05, 4.69) is 20.3 Å². The molecule has 1 aromatic carbocycles. The molecule has 1 aliphatic heterocycles. The number of aromatic nitrogens is 5. The van der Waals surface area contributed by atoms with Crippen molar-refractivity contribution < 1.29 is 17.9 Å². The molecule has 2 aromatic heterocycles. The molecule has 0 aliphatic carbocycles. The lowest BCUT2D eigenvalue weighted by atomic mass is 9.82. The lowest BCUT2D eigenvalue weighted by molar-refractivity contribution is -0.137. The molecule has 3 heterocycles. The van der Waals surface area contributed by atoms with Crippen molar-refractivity contribution in [2.75, 3.05) is 13.7 Å². The van der Waals surface area contributed by atoms with E-state index in [1.807, 2.05) is 0 Å². The maximum Gasteiger partial charge on any atom is 0.416 e. The summed E-state index contributed by atoms with van der Waals surface area (Å²) in [4.78, 5) is 18.8. The highest BCUT2D eigenvalue weighted by molar-refractivity contribution is 5.57. The summed E-state index contributed by atoms with van der Waals surface area (Å²) < 4.78 is 46.2. The summed E-state index contributed by atoms with van der Waals surface area (Å²) in [6, 6.07) is 6.44. The van der Waals surface area contributed by atoms with Crippen LogP contribution in [0.1, 0.15) is 35.5 Å². The molecule has 1 atom stereocenters.